The third-order valence-electron chi connectivity index (χ3n) is 3.19. The average Bonchev–Trinajstić information content (AvgIpc) is 2.47. The molecule has 0 N–H and O–H groups in total. The molecule has 2 fully saturated rings. The summed E-state index contributed by atoms with van der Waals surface area (Å²) < 4.78 is 10.9. The van der Waals surface area contributed by atoms with Crippen LogP contribution in [0.15, 0.2) is 12.2 Å². The minimum atomic E-state index is -0.639. The molecule has 0 aromatic carbocycles. The van der Waals surface area contributed by atoms with E-state index in [0.717, 1.165) is 0 Å². The van der Waals surface area contributed by atoms with Crippen molar-refractivity contribution in [2.75, 3.05) is 0 Å². The Labute approximate surface area is 93.2 Å². The molecular formula is C10H12Cl2O2. The summed E-state index contributed by atoms with van der Waals surface area (Å²) in [5.74, 6) is -0.0757. The Kier molecular flexibility index (Phi) is 1.68. The number of alkyl halides is 2. The van der Waals surface area contributed by atoms with E-state index in [1.54, 1.807) is 0 Å². The Morgan fingerprint density at radius 3 is 2.57 bits per heavy atom. The summed E-state index contributed by atoms with van der Waals surface area (Å²) in [4.78, 5) is 0. The molecule has 0 spiro atoms. The van der Waals surface area contributed by atoms with Crippen LogP contribution in [0.1, 0.15) is 13.8 Å². The monoisotopic (exact) mass is 234 g/mol. The van der Waals surface area contributed by atoms with Crippen molar-refractivity contribution in [1.82, 2.24) is 0 Å². The second-order valence-electron chi connectivity index (χ2n) is 4.68. The number of halogens is 2. The first-order chi connectivity index (χ1) is 6.42. The smallest absolute Gasteiger partial charge is 0.164 e. The van der Waals surface area contributed by atoms with E-state index in [1.165, 1.54) is 0 Å². The molecule has 0 amide bonds. The SMILES string of the molecule is CC1(C)O[C@H]2[C@H]3[C@@H](C=C[C@H]2O1)C3(Cl)Cl. The molecule has 1 heterocycles. The van der Waals surface area contributed by atoms with Gasteiger partial charge in [-0.2, -0.15) is 0 Å². The van der Waals surface area contributed by atoms with Crippen LogP contribution in [-0.2, 0) is 9.47 Å². The Bertz CT molecular complexity index is 311. The van der Waals surface area contributed by atoms with Crippen LogP contribution in [0.3, 0.4) is 0 Å². The van der Waals surface area contributed by atoms with Crippen LogP contribution in [0.25, 0.3) is 0 Å². The quantitative estimate of drug-likeness (QED) is 0.474. The molecule has 78 valence electrons. The lowest BCUT2D eigenvalue weighted by Gasteiger charge is -2.17. The van der Waals surface area contributed by atoms with Gasteiger partial charge in [0.25, 0.3) is 0 Å². The van der Waals surface area contributed by atoms with Crippen LogP contribution in [0.2, 0.25) is 0 Å². The van der Waals surface area contributed by atoms with Crippen LogP contribution in [-0.4, -0.2) is 22.3 Å². The van der Waals surface area contributed by atoms with Gasteiger partial charge in [-0.1, -0.05) is 12.2 Å². The zero-order valence-electron chi connectivity index (χ0n) is 8.04. The van der Waals surface area contributed by atoms with Crippen LogP contribution < -0.4 is 0 Å². The van der Waals surface area contributed by atoms with Gasteiger partial charge in [-0.15, -0.1) is 23.2 Å². The highest BCUT2D eigenvalue weighted by Gasteiger charge is 2.70. The van der Waals surface area contributed by atoms with E-state index in [9.17, 15) is 0 Å². The average molecular weight is 235 g/mol. The summed E-state index contributed by atoms with van der Waals surface area (Å²) in [5.41, 5.74) is 0. The van der Waals surface area contributed by atoms with E-state index >= 15 is 0 Å². The van der Waals surface area contributed by atoms with Crippen molar-refractivity contribution in [3.8, 4) is 0 Å². The zero-order chi connectivity index (χ0) is 10.1. The summed E-state index contributed by atoms with van der Waals surface area (Å²) in [7, 11) is 0. The van der Waals surface area contributed by atoms with Crippen molar-refractivity contribution in [2.45, 2.75) is 36.2 Å². The minimum Gasteiger partial charge on any atom is -0.344 e. The van der Waals surface area contributed by atoms with Gasteiger partial charge in [0.05, 0.1) is 6.10 Å². The van der Waals surface area contributed by atoms with Crippen molar-refractivity contribution in [1.29, 1.82) is 0 Å². The van der Waals surface area contributed by atoms with Crippen molar-refractivity contribution in [3.05, 3.63) is 12.2 Å². The third kappa shape index (κ3) is 1.12. The highest BCUT2D eigenvalue weighted by atomic mass is 35.5. The first-order valence-corrected chi connectivity index (χ1v) is 5.59. The van der Waals surface area contributed by atoms with Crippen molar-refractivity contribution in [3.63, 3.8) is 0 Å². The summed E-state index contributed by atoms with van der Waals surface area (Å²) in [6.07, 6.45) is 4.12. The molecule has 0 radical (unpaired) electrons. The number of hydrogen-bond donors (Lipinski definition) is 0. The van der Waals surface area contributed by atoms with E-state index in [2.05, 4.69) is 6.08 Å². The largest absolute Gasteiger partial charge is 0.344 e. The lowest BCUT2D eigenvalue weighted by molar-refractivity contribution is -0.144. The molecule has 3 aliphatic rings. The summed E-state index contributed by atoms with van der Waals surface area (Å²) in [6, 6.07) is 0. The van der Waals surface area contributed by atoms with Crippen LogP contribution >= 0.6 is 23.2 Å². The van der Waals surface area contributed by atoms with Gasteiger partial charge in [0, 0.05) is 11.8 Å². The zero-order valence-corrected chi connectivity index (χ0v) is 9.55. The standard InChI is InChI=1S/C10H12Cl2O2/c1-9(2)13-6-4-3-5-7(8(6)14-9)10(5,11)12/h3-8H,1-2H3/t5-,6-,7-,8-/m1/s1. The van der Waals surface area contributed by atoms with E-state index in [0.29, 0.717) is 0 Å². The summed E-state index contributed by atoms with van der Waals surface area (Å²) in [5, 5.41) is 0. The maximum Gasteiger partial charge on any atom is 0.164 e. The van der Waals surface area contributed by atoms with E-state index < -0.39 is 10.1 Å². The molecule has 4 heteroatoms. The van der Waals surface area contributed by atoms with E-state index in [-0.39, 0.29) is 24.0 Å². The van der Waals surface area contributed by atoms with Crippen molar-refractivity contribution < 1.29 is 9.47 Å². The molecular weight excluding hydrogens is 223 g/mol. The Morgan fingerprint density at radius 1 is 1.14 bits per heavy atom. The van der Waals surface area contributed by atoms with Gasteiger partial charge in [0.15, 0.2) is 5.79 Å². The first-order valence-electron chi connectivity index (χ1n) is 4.83. The van der Waals surface area contributed by atoms with Gasteiger partial charge in [-0.3, -0.25) is 0 Å². The highest BCUT2D eigenvalue weighted by Crippen LogP contribution is 2.65. The van der Waals surface area contributed by atoms with E-state index in [4.69, 9.17) is 32.7 Å². The van der Waals surface area contributed by atoms with Crippen molar-refractivity contribution >= 4 is 23.2 Å². The Morgan fingerprint density at radius 2 is 1.86 bits per heavy atom. The minimum absolute atomic E-state index is 0.0191. The summed E-state index contributed by atoms with van der Waals surface area (Å²) in [6.45, 7) is 3.83. The maximum atomic E-state index is 6.15. The fourth-order valence-corrected chi connectivity index (χ4v) is 3.33. The van der Waals surface area contributed by atoms with E-state index in [1.807, 2.05) is 19.9 Å². The lowest BCUT2D eigenvalue weighted by atomic mass is 10.0. The molecule has 4 atom stereocenters. The molecule has 0 aromatic rings. The number of fused-ring (bicyclic) bond motifs is 3. The predicted octanol–water partition coefficient (Wildman–Crippen LogP) is 2.50. The number of ether oxygens (including phenoxy) is 2. The summed E-state index contributed by atoms with van der Waals surface area (Å²) >= 11 is 12.3. The molecule has 0 unspecified atom stereocenters. The second-order valence-corrected chi connectivity index (χ2v) is 6.12. The fraction of sp³-hybridized carbons (Fsp3) is 0.800. The Balaban J connectivity index is 1.90. The molecule has 3 rings (SSSR count). The molecule has 2 aliphatic carbocycles. The lowest BCUT2D eigenvalue weighted by Crippen LogP contribution is -2.27. The normalized spacial score (nSPS) is 51.1. The highest BCUT2D eigenvalue weighted by molar-refractivity contribution is 6.51. The topological polar surface area (TPSA) is 18.5 Å². The molecule has 1 aliphatic heterocycles. The van der Waals surface area contributed by atoms with Gasteiger partial charge < -0.3 is 9.47 Å². The molecule has 14 heavy (non-hydrogen) atoms. The first kappa shape index (κ1) is 9.46. The molecule has 2 nitrogen and oxygen atoms in total. The van der Waals surface area contributed by atoms with Crippen LogP contribution in [0.5, 0.6) is 0 Å². The van der Waals surface area contributed by atoms with Crippen LogP contribution in [0.4, 0.5) is 0 Å². The second kappa shape index (κ2) is 2.49. The molecule has 0 aromatic heterocycles. The maximum absolute atomic E-state index is 6.15. The predicted molar refractivity (Wildman–Crippen MR) is 54.4 cm³/mol. The van der Waals surface area contributed by atoms with Gasteiger partial charge in [0.2, 0.25) is 0 Å². The molecule has 0 bridgehead atoms. The third-order valence-corrected chi connectivity index (χ3v) is 4.20. The molecule has 1 saturated carbocycles. The van der Waals surface area contributed by atoms with Gasteiger partial charge >= 0.3 is 0 Å². The van der Waals surface area contributed by atoms with Gasteiger partial charge in [-0.05, 0) is 13.8 Å². The van der Waals surface area contributed by atoms with Crippen LogP contribution in [0, 0.1) is 11.8 Å². The fourth-order valence-electron chi connectivity index (χ4n) is 2.52. The van der Waals surface area contributed by atoms with Gasteiger partial charge in [0.1, 0.15) is 10.4 Å². The Hall–Kier alpha value is 0.240. The van der Waals surface area contributed by atoms with Crippen molar-refractivity contribution in [2.24, 2.45) is 11.8 Å². The number of hydrogen-bond acceptors (Lipinski definition) is 2. The van der Waals surface area contributed by atoms with Gasteiger partial charge in [-0.25, -0.2) is 0 Å². The number of allylic oxidation sites excluding steroid dienone is 1. The number of rotatable bonds is 0. The molecule has 1 saturated heterocycles.